The molecule has 3 heteroatoms. The first-order valence-electron chi connectivity index (χ1n) is 6.30. The standard InChI is InChI=1S/C14H20BrNO/c1-3-11-4-5-16(8-11)9-12-7-13(15)6-10(2)14(12)17/h6-7,11,17H,3-5,8-9H2,1-2H3. The second-order valence-electron chi connectivity index (χ2n) is 5.03. The predicted molar refractivity (Wildman–Crippen MR) is 74.2 cm³/mol. The molecule has 1 aromatic rings. The van der Waals surface area contributed by atoms with E-state index in [1.807, 2.05) is 19.1 Å². The third-order valence-electron chi connectivity index (χ3n) is 3.69. The van der Waals surface area contributed by atoms with E-state index in [-0.39, 0.29) is 0 Å². The average Bonchev–Trinajstić information content (AvgIpc) is 2.73. The third-order valence-corrected chi connectivity index (χ3v) is 4.14. The van der Waals surface area contributed by atoms with E-state index in [2.05, 4.69) is 27.8 Å². The zero-order valence-corrected chi connectivity index (χ0v) is 12.1. The Labute approximate surface area is 112 Å². The third kappa shape index (κ3) is 3.02. The number of phenolic OH excluding ortho intramolecular Hbond substituents is 1. The summed E-state index contributed by atoms with van der Waals surface area (Å²) in [6.45, 7) is 7.39. The summed E-state index contributed by atoms with van der Waals surface area (Å²) in [5.74, 6) is 1.29. The van der Waals surface area contributed by atoms with Crippen molar-refractivity contribution in [1.29, 1.82) is 0 Å². The van der Waals surface area contributed by atoms with Crippen LogP contribution in [0.5, 0.6) is 5.75 Å². The molecule has 0 radical (unpaired) electrons. The number of nitrogens with zero attached hydrogens (tertiary/aromatic N) is 1. The molecule has 0 aromatic heterocycles. The van der Waals surface area contributed by atoms with E-state index in [0.29, 0.717) is 5.75 Å². The molecule has 1 aliphatic heterocycles. The molecule has 1 unspecified atom stereocenters. The minimum absolute atomic E-state index is 0.452. The first-order chi connectivity index (χ1) is 8.10. The average molecular weight is 298 g/mol. The van der Waals surface area contributed by atoms with Gasteiger partial charge >= 0.3 is 0 Å². The van der Waals surface area contributed by atoms with Gasteiger partial charge in [0.2, 0.25) is 0 Å². The van der Waals surface area contributed by atoms with Crippen LogP contribution in [0.4, 0.5) is 0 Å². The lowest BCUT2D eigenvalue weighted by atomic mass is 10.1. The van der Waals surface area contributed by atoms with Gasteiger partial charge in [0, 0.05) is 23.1 Å². The van der Waals surface area contributed by atoms with Crippen molar-refractivity contribution >= 4 is 15.9 Å². The molecule has 1 heterocycles. The highest BCUT2D eigenvalue weighted by Crippen LogP contribution is 2.29. The van der Waals surface area contributed by atoms with Crippen LogP contribution in [0, 0.1) is 12.8 Å². The Morgan fingerprint density at radius 1 is 1.47 bits per heavy atom. The Bertz CT molecular complexity index is 405. The van der Waals surface area contributed by atoms with Crippen LogP contribution in [0.15, 0.2) is 16.6 Å². The quantitative estimate of drug-likeness (QED) is 0.920. The van der Waals surface area contributed by atoms with Crippen LogP contribution in [0.3, 0.4) is 0 Å². The number of benzene rings is 1. The van der Waals surface area contributed by atoms with Crippen LogP contribution in [-0.2, 0) is 6.54 Å². The summed E-state index contributed by atoms with van der Waals surface area (Å²) in [7, 11) is 0. The number of hydrogen-bond acceptors (Lipinski definition) is 2. The second kappa shape index (κ2) is 5.40. The van der Waals surface area contributed by atoms with Gasteiger partial charge in [0.05, 0.1) is 0 Å². The van der Waals surface area contributed by atoms with Crippen molar-refractivity contribution in [3.05, 3.63) is 27.7 Å². The van der Waals surface area contributed by atoms with Gasteiger partial charge in [0.25, 0.3) is 0 Å². The first kappa shape index (κ1) is 12.9. The maximum absolute atomic E-state index is 10.1. The van der Waals surface area contributed by atoms with Crippen LogP contribution in [-0.4, -0.2) is 23.1 Å². The van der Waals surface area contributed by atoms with Gasteiger partial charge in [-0.3, -0.25) is 4.90 Å². The van der Waals surface area contributed by atoms with Crippen molar-refractivity contribution in [2.24, 2.45) is 5.92 Å². The smallest absolute Gasteiger partial charge is 0.123 e. The molecule has 0 saturated carbocycles. The SMILES string of the molecule is CCC1CCN(Cc2cc(Br)cc(C)c2O)C1. The predicted octanol–water partition coefficient (Wildman–Crippen LogP) is 3.70. The fraction of sp³-hybridized carbons (Fsp3) is 0.571. The van der Waals surface area contributed by atoms with Crippen molar-refractivity contribution < 1.29 is 5.11 Å². The number of halogens is 1. The number of aromatic hydroxyl groups is 1. The largest absolute Gasteiger partial charge is 0.507 e. The second-order valence-corrected chi connectivity index (χ2v) is 5.94. The summed E-state index contributed by atoms with van der Waals surface area (Å²) >= 11 is 3.49. The Morgan fingerprint density at radius 2 is 2.24 bits per heavy atom. The molecule has 0 aliphatic carbocycles. The summed E-state index contributed by atoms with van der Waals surface area (Å²) in [5, 5.41) is 10.1. The van der Waals surface area contributed by atoms with Crippen molar-refractivity contribution in [3.63, 3.8) is 0 Å². The molecule has 2 rings (SSSR count). The van der Waals surface area contributed by atoms with Gasteiger partial charge in [-0.2, -0.15) is 0 Å². The molecule has 1 N–H and O–H groups in total. The molecule has 2 nitrogen and oxygen atoms in total. The molecular weight excluding hydrogens is 278 g/mol. The molecular formula is C14H20BrNO. The van der Waals surface area contributed by atoms with Crippen molar-refractivity contribution in [1.82, 2.24) is 4.90 Å². The highest BCUT2D eigenvalue weighted by molar-refractivity contribution is 9.10. The lowest BCUT2D eigenvalue weighted by molar-refractivity contribution is 0.309. The zero-order chi connectivity index (χ0) is 12.4. The monoisotopic (exact) mass is 297 g/mol. The van der Waals surface area contributed by atoms with Crippen molar-refractivity contribution in [2.75, 3.05) is 13.1 Å². The summed E-state index contributed by atoms with van der Waals surface area (Å²) in [6, 6.07) is 3.99. The van der Waals surface area contributed by atoms with E-state index >= 15 is 0 Å². The topological polar surface area (TPSA) is 23.5 Å². The molecule has 1 aromatic carbocycles. The summed E-state index contributed by atoms with van der Waals surface area (Å²) in [6.07, 6.45) is 2.56. The molecule has 1 atom stereocenters. The van der Waals surface area contributed by atoms with Crippen molar-refractivity contribution in [3.8, 4) is 5.75 Å². The first-order valence-corrected chi connectivity index (χ1v) is 7.09. The maximum Gasteiger partial charge on any atom is 0.123 e. The minimum atomic E-state index is 0.452. The Hall–Kier alpha value is -0.540. The van der Waals surface area contributed by atoms with Gasteiger partial charge in [-0.25, -0.2) is 0 Å². The molecule has 0 amide bonds. The van der Waals surface area contributed by atoms with Crippen LogP contribution in [0.1, 0.15) is 30.9 Å². The Balaban J connectivity index is 2.09. The summed E-state index contributed by atoms with van der Waals surface area (Å²) in [4.78, 5) is 2.44. The Morgan fingerprint density at radius 3 is 2.88 bits per heavy atom. The van der Waals surface area contributed by atoms with E-state index in [1.165, 1.54) is 19.4 Å². The van der Waals surface area contributed by atoms with Gasteiger partial charge in [-0.1, -0.05) is 29.3 Å². The van der Waals surface area contributed by atoms with Crippen LogP contribution in [0.25, 0.3) is 0 Å². The van der Waals surface area contributed by atoms with Gasteiger partial charge in [-0.15, -0.1) is 0 Å². The van der Waals surface area contributed by atoms with E-state index < -0.39 is 0 Å². The number of likely N-dealkylation sites (tertiary alicyclic amines) is 1. The van der Waals surface area contributed by atoms with E-state index in [9.17, 15) is 5.11 Å². The van der Waals surface area contributed by atoms with Crippen LogP contribution < -0.4 is 0 Å². The Kier molecular flexibility index (Phi) is 4.10. The lowest BCUT2D eigenvalue weighted by Crippen LogP contribution is -2.20. The number of aryl methyl sites for hydroxylation is 1. The maximum atomic E-state index is 10.1. The van der Waals surface area contributed by atoms with Crippen molar-refractivity contribution in [2.45, 2.75) is 33.2 Å². The van der Waals surface area contributed by atoms with E-state index in [1.54, 1.807) is 0 Å². The lowest BCUT2D eigenvalue weighted by Gasteiger charge is -2.17. The molecule has 0 bridgehead atoms. The molecule has 1 saturated heterocycles. The molecule has 1 aliphatic rings. The van der Waals surface area contributed by atoms with Gasteiger partial charge in [-0.05, 0) is 43.5 Å². The number of hydrogen-bond donors (Lipinski definition) is 1. The molecule has 17 heavy (non-hydrogen) atoms. The zero-order valence-electron chi connectivity index (χ0n) is 10.5. The molecule has 1 fully saturated rings. The van der Waals surface area contributed by atoms with E-state index in [0.717, 1.165) is 34.6 Å². The van der Waals surface area contributed by atoms with Crippen LogP contribution >= 0.6 is 15.9 Å². The van der Waals surface area contributed by atoms with Gasteiger partial charge in [0.15, 0.2) is 0 Å². The highest BCUT2D eigenvalue weighted by atomic mass is 79.9. The fourth-order valence-corrected chi connectivity index (χ4v) is 3.18. The summed E-state index contributed by atoms with van der Waals surface area (Å²) in [5.41, 5.74) is 1.98. The van der Waals surface area contributed by atoms with Gasteiger partial charge < -0.3 is 5.11 Å². The molecule has 0 spiro atoms. The molecule has 94 valence electrons. The number of rotatable bonds is 3. The number of phenols is 1. The fourth-order valence-electron chi connectivity index (χ4n) is 2.56. The van der Waals surface area contributed by atoms with Crippen LogP contribution in [0.2, 0.25) is 0 Å². The summed E-state index contributed by atoms with van der Waals surface area (Å²) < 4.78 is 1.05. The van der Waals surface area contributed by atoms with E-state index in [4.69, 9.17) is 0 Å². The van der Waals surface area contributed by atoms with Gasteiger partial charge in [0.1, 0.15) is 5.75 Å². The highest BCUT2D eigenvalue weighted by Gasteiger charge is 2.21. The normalized spacial score (nSPS) is 21.0. The minimum Gasteiger partial charge on any atom is -0.507 e.